The van der Waals surface area contributed by atoms with Crippen LogP contribution in [-0.4, -0.2) is 12.5 Å². The van der Waals surface area contributed by atoms with Gasteiger partial charge < -0.3 is 4.90 Å². The molecule has 1 aliphatic heterocycles. The first-order chi connectivity index (χ1) is 8.18. The zero-order valence-corrected chi connectivity index (χ0v) is 10.4. The van der Waals surface area contributed by atoms with E-state index in [1.54, 1.807) is 0 Å². The van der Waals surface area contributed by atoms with Gasteiger partial charge in [0.1, 0.15) is 0 Å². The highest BCUT2D eigenvalue weighted by Crippen LogP contribution is 2.27. The van der Waals surface area contributed by atoms with Crippen molar-refractivity contribution in [1.29, 1.82) is 0 Å². The highest BCUT2D eigenvalue weighted by atomic mass is 16.2. The van der Waals surface area contributed by atoms with Gasteiger partial charge in [-0.05, 0) is 37.8 Å². The molecule has 0 N–H and O–H groups in total. The summed E-state index contributed by atoms with van der Waals surface area (Å²) >= 11 is 0. The highest BCUT2D eigenvalue weighted by Gasteiger charge is 2.21. The molecule has 2 rings (SSSR count). The van der Waals surface area contributed by atoms with Crippen LogP contribution in [0.4, 0.5) is 5.69 Å². The summed E-state index contributed by atoms with van der Waals surface area (Å²) in [5.74, 6) is 0.222. The minimum atomic E-state index is 0.222. The van der Waals surface area contributed by atoms with E-state index >= 15 is 0 Å². The highest BCUT2D eigenvalue weighted by molar-refractivity contribution is 5.94. The minimum absolute atomic E-state index is 0.222. The number of carbonyl (C=O) groups excluding carboxylic acids is 1. The van der Waals surface area contributed by atoms with Crippen molar-refractivity contribution in [3.63, 3.8) is 0 Å². The maximum atomic E-state index is 12.2. The molecule has 0 spiro atoms. The van der Waals surface area contributed by atoms with E-state index in [0.29, 0.717) is 6.42 Å². The summed E-state index contributed by atoms with van der Waals surface area (Å²) < 4.78 is 0. The number of hydrogen-bond donors (Lipinski definition) is 0. The fraction of sp³-hybridized carbons (Fsp3) is 0.400. The molecule has 0 unspecified atom stereocenters. The molecule has 0 atom stereocenters. The van der Waals surface area contributed by atoms with E-state index in [-0.39, 0.29) is 5.91 Å². The summed E-state index contributed by atoms with van der Waals surface area (Å²) in [5.41, 5.74) is 3.47. The maximum absolute atomic E-state index is 12.2. The Kier molecular flexibility index (Phi) is 3.62. The molecule has 2 nitrogen and oxygen atoms in total. The first-order valence-electron chi connectivity index (χ1n) is 6.21. The largest absolute Gasteiger partial charge is 0.312 e. The number of para-hydroxylation sites is 1. The quantitative estimate of drug-likeness (QED) is 0.728. The third-order valence-corrected chi connectivity index (χ3v) is 3.18. The topological polar surface area (TPSA) is 20.3 Å². The van der Waals surface area contributed by atoms with E-state index in [1.165, 1.54) is 5.56 Å². The van der Waals surface area contributed by atoms with Gasteiger partial charge in [-0.1, -0.05) is 23.8 Å². The molecule has 2 heteroatoms. The van der Waals surface area contributed by atoms with E-state index in [2.05, 4.69) is 12.6 Å². The number of allylic oxidation sites excluding steroid dienone is 1. The third-order valence-electron chi connectivity index (χ3n) is 3.18. The Balaban J connectivity index is 2.12. The average Bonchev–Trinajstić information content (AvgIpc) is 2.35. The Bertz CT molecular complexity index is 436. The zero-order chi connectivity index (χ0) is 12.3. The molecule has 90 valence electrons. The molecular formula is C15H19NO. The number of anilines is 1. The molecule has 0 saturated carbocycles. The smallest absolute Gasteiger partial charge is 0.227 e. The molecule has 0 saturated heterocycles. The Hall–Kier alpha value is -1.57. The van der Waals surface area contributed by atoms with Crippen molar-refractivity contribution >= 4 is 11.6 Å². The van der Waals surface area contributed by atoms with Gasteiger partial charge in [-0.25, -0.2) is 0 Å². The Morgan fingerprint density at radius 2 is 2.12 bits per heavy atom. The summed E-state index contributed by atoms with van der Waals surface area (Å²) in [5, 5.41) is 0. The number of rotatable bonds is 3. The van der Waals surface area contributed by atoms with Crippen LogP contribution in [0.3, 0.4) is 0 Å². The lowest BCUT2D eigenvalue weighted by Crippen LogP contribution is -2.35. The van der Waals surface area contributed by atoms with Gasteiger partial charge in [-0.3, -0.25) is 4.79 Å². The molecule has 17 heavy (non-hydrogen) atoms. The molecule has 0 bridgehead atoms. The van der Waals surface area contributed by atoms with Crippen LogP contribution >= 0.6 is 0 Å². The fourth-order valence-corrected chi connectivity index (χ4v) is 2.25. The van der Waals surface area contributed by atoms with Crippen molar-refractivity contribution in [3.8, 4) is 0 Å². The Morgan fingerprint density at radius 1 is 1.35 bits per heavy atom. The molecule has 1 aromatic carbocycles. The van der Waals surface area contributed by atoms with Gasteiger partial charge in [0.2, 0.25) is 5.91 Å². The van der Waals surface area contributed by atoms with Gasteiger partial charge >= 0.3 is 0 Å². The number of carbonyl (C=O) groups is 1. The summed E-state index contributed by atoms with van der Waals surface area (Å²) in [6, 6.07) is 8.21. The number of hydrogen-bond acceptors (Lipinski definition) is 1. The summed E-state index contributed by atoms with van der Waals surface area (Å²) in [4.78, 5) is 14.1. The van der Waals surface area contributed by atoms with Gasteiger partial charge in [0, 0.05) is 18.7 Å². The van der Waals surface area contributed by atoms with Crippen LogP contribution in [0, 0.1) is 0 Å². The predicted octanol–water partition coefficient (Wildman–Crippen LogP) is 3.32. The number of benzene rings is 1. The number of fused-ring (bicyclic) bond motifs is 1. The lowest BCUT2D eigenvalue weighted by Gasteiger charge is -2.29. The van der Waals surface area contributed by atoms with Crippen LogP contribution in [0.2, 0.25) is 0 Å². The molecular weight excluding hydrogens is 210 g/mol. The summed E-state index contributed by atoms with van der Waals surface area (Å²) in [7, 11) is 0. The number of nitrogens with zero attached hydrogens (tertiary/aromatic N) is 1. The van der Waals surface area contributed by atoms with Crippen molar-refractivity contribution < 1.29 is 4.79 Å². The summed E-state index contributed by atoms with van der Waals surface area (Å²) in [6.45, 7) is 6.67. The summed E-state index contributed by atoms with van der Waals surface area (Å²) in [6.07, 6.45) is 3.51. The van der Waals surface area contributed by atoms with Gasteiger partial charge in [-0.2, -0.15) is 0 Å². The van der Waals surface area contributed by atoms with Crippen molar-refractivity contribution in [3.05, 3.63) is 42.0 Å². The standard InChI is InChI=1S/C15H19NO/c1-12(2)9-10-15(17)16-11-5-7-13-6-3-4-8-14(13)16/h3-4,6,8H,1,5,7,9-11H2,2H3. The van der Waals surface area contributed by atoms with Crippen molar-refractivity contribution in [2.75, 3.05) is 11.4 Å². The maximum Gasteiger partial charge on any atom is 0.227 e. The van der Waals surface area contributed by atoms with E-state index in [4.69, 9.17) is 0 Å². The molecule has 0 aromatic heterocycles. The Morgan fingerprint density at radius 3 is 2.88 bits per heavy atom. The van der Waals surface area contributed by atoms with Gasteiger partial charge in [-0.15, -0.1) is 6.58 Å². The van der Waals surface area contributed by atoms with E-state index in [1.807, 2.05) is 30.0 Å². The van der Waals surface area contributed by atoms with E-state index in [9.17, 15) is 4.79 Å². The van der Waals surface area contributed by atoms with Crippen LogP contribution in [0.5, 0.6) is 0 Å². The average molecular weight is 229 g/mol. The van der Waals surface area contributed by atoms with Gasteiger partial charge in [0.25, 0.3) is 0 Å². The molecule has 0 aliphatic carbocycles. The Labute approximate surface area is 103 Å². The van der Waals surface area contributed by atoms with Crippen LogP contribution < -0.4 is 4.90 Å². The van der Waals surface area contributed by atoms with Crippen LogP contribution in [0.25, 0.3) is 0 Å². The molecule has 1 heterocycles. The molecule has 1 aromatic rings. The number of aryl methyl sites for hydroxylation is 1. The second kappa shape index (κ2) is 5.17. The van der Waals surface area contributed by atoms with Gasteiger partial charge in [0.15, 0.2) is 0 Å². The zero-order valence-electron chi connectivity index (χ0n) is 10.4. The lowest BCUT2D eigenvalue weighted by molar-refractivity contribution is -0.118. The second-order valence-corrected chi connectivity index (χ2v) is 4.73. The third kappa shape index (κ3) is 2.76. The van der Waals surface area contributed by atoms with Crippen LogP contribution in [0.1, 0.15) is 31.7 Å². The molecule has 1 aliphatic rings. The molecule has 0 fully saturated rings. The van der Waals surface area contributed by atoms with Crippen LogP contribution in [0.15, 0.2) is 36.4 Å². The van der Waals surface area contributed by atoms with Gasteiger partial charge in [0.05, 0.1) is 0 Å². The number of amides is 1. The molecule has 0 radical (unpaired) electrons. The lowest BCUT2D eigenvalue weighted by atomic mass is 10.0. The predicted molar refractivity (Wildman–Crippen MR) is 71.2 cm³/mol. The first-order valence-corrected chi connectivity index (χ1v) is 6.21. The molecule has 1 amide bonds. The monoisotopic (exact) mass is 229 g/mol. The van der Waals surface area contributed by atoms with E-state index < -0.39 is 0 Å². The van der Waals surface area contributed by atoms with Crippen molar-refractivity contribution in [1.82, 2.24) is 0 Å². The fourth-order valence-electron chi connectivity index (χ4n) is 2.25. The van der Waals surface area contributed by atoms with Crippen molar-refractivity contribution in [2.24, 2.45) is 0 Å². The van der Waals surface area contributed by atoms with Crippen LogP contribution in [-0.2, 0) is 11.2 Å². The SMILES string of the molecule is C=C(C)CCC(=O)N1CCCc2ccccc21. The van der Waals surface area contributed by atoms with Crippen molar-refractivity contribution in [2.45, 2.75) is 32.6 Å². The second-order valence-electron chi connectivity index (χ2n) is 4.73. The van der Waals surface area contributed by atoms with E-state index in [0.717, 1.165) is 37.1 Å². The first kappa shape index (κ1) is 11.9. The minimum Gasteiger partial charge on any atom is -0.312 e. The normalized spacial score (nSPS) is 14.3.